The number of hydrogen-bond acceptors (Lipinski definition) is 6. The van der Waals surface area contributed by atoms with Crippen molar-refractivity contribution < 1.29 is 19.2 Å². The fourth-order valence-corrected chi connectivity index (χ4v) is 5.13. The van der Waals surface area contributed by atoms with Crippen LogP contribution in [-0.4, -0.2) is 22.7 Å². The van der Waals surface area contributed by atoms with Gasteiger partial charge in [-0.2, -0.15) is 0 Å². The quantitative estimate of drug-likeness (QED) is 0.432. The predicted octanol–water partition coefficient (Wildman–Crippen LogP) is 4.78. The molecule has 0 fully saturated rings. The second-order valence-electron chi connectivity index (χ2n) is 8.42. The van der Waals surface area contributed by atoms with E-state index >= 15 is 0 Å². The predicted molar refractivity (Wildman–Crippen MR) is 120 cm³/mol. The molecule has 7 heteroatoms. The molecule has 0 saturated carbocycles. The van der Waals surface area contributed by atoms with Crippen molar-refractivity contribution >= 4 is 22.9 Å². The SMILES string of the molecule is O=C1C2=C(C(=O)c3ccccc31)C1CC(O2)N(Cc2cccc([N+](=O)[O-])c2)c2ccccc21. The van der Waals surface area contributed by atoms with Gasteiger partial charge in [0.05, 0.1) is 10.5 Å². The molecule has 2 bridgehead atoms. The highest BCUT2D eigenvalue weighted by atomic mass is 16.6. The Kier molecular flexibility index (Phi) is 4.20. The number of anilines is 1. The van der Waals surface area contributed by atoms with Gasteiger partial charge in [0.15, 0.2) is 17.8 Å². The van der Waals surface area contributed by atoms with Crippen molar-refractivity contribution in [2.24, 2.45) is 0 Å². The lowest BCUT2D eigenvalue weighted by Crippen LogP contribution is -2.47. The fraction of sp³-hybridized carbons (Fsp3) is 0.154. The monoisotopic (exact) mass is 438 g/mol. The summed E-state index contributed by atoms with van der Waals surface area (Å²) in [5.41, 5.74) is 3.84. The van der Waals surface area contributed by atoms with E-state index in [1.165, 1.54) is 6.07 Å². The number of allylic oxidation sites excluding steroid dienone is 2. The van der Waals surface area contributed by atoms with Gasteiger partial charge in [-0.25, -0.2) is 0 Å². The number of non-ortho nitro benzene ring substituents is 1. The van der Waals surface area contributed by atoms with Crippen LogP contribution in [0.2, 0.25) is 0 Å². The third-order valence-corrected chi connectivity index (χ3v) is 6.60. The Labute approximate surface area is 189 Å². The number of ether oxygens (including phenoxy) is 1. The minimum atomic E-state index is -0.468. The number of fused-ring (bicyclic) bond motifs is 6. The summed E-state index contributed by atoms with van der Waals surface area (Å²) in [5.74, 6) is -0.560. The Hall–Kier alpha value is -4.26. The summed E-state index contributed by atoms with van der Waals surface area (Å²) >= 11 is 0. The topological polar surface area (TPSA) is 89.8 Å². The maximum atomic E-state index is 13.4. The molecule has 7 nitrogen and oxygen atoms in total. The Morgan fingerprint density at radius 2 is 1.67 bits per heavy atom. The lowest BCUT2D eigenvalue weighted by molar-refractivity contribution is -0.384. The van der Waals surface area contributed by atoms with Crippen LogP contribution in [0.5, 0.6) is 0 Å². The second-order valence-corrected chi connectivity index (χ2v) is 8.42. The van der Waals surface area contributed by atoms with E-state index in [2.05, 4.69) is 0 Å². The molecule has 3 aromatic carbocycles. The minimum Gasteiger partial charge on any atom is -0.466 e. The average Bonchev–Trinajstić information content (AvgIpc) is 2.85. The van der Waals surface area contributed by atoms with Crippen molar-refractivity contribution in [1.82, 2.24) is 0 Å². The number of Topliss-reactive ketones (excluding diaryl/α,β-unsaturated/α-hetero) is 2. The molecule has 33 heavy (non-hydrogen) atoms. The Balaban J connectivity index is 1.45. The van der Waals surface area contributed by atoms with Gasteiger partial charge in [-0.3, -0.25) is 19.7 Å². The van der Waals surface area contributed by atoms with Gasteiger partial charge in [-0.05, 0) is 17.2 Å². The number of carbonyl (C=O) groups excluding carboxylic acids is 2. The van der Waals surface area contributed by atoms with Gasteiger partial charge >= 0.3 is 0 Å². The first-order valence-electron chi connectivity index (χ1n) is 10.7. The highest BCUT2D eigenvalue weighted by Gasteiger charge is 2.47. The molecule has 0 aromatic heterocycles. The van der Waals surface area contributed by atoms with E-state index in [0.29, 0.717) is 29.7 Å². The van der Waals surface area contributed by atoms with Gasteiger partial charge in [0.25, 0.3) is 5.69 Å². The Morgan fingerprint density at radius 3 is 2.45 bits per heavy atom. The van der Waals surface area contributed by atoms with Gasteiger partial charge < -0.3 is 9.64 Å². The molecule has 0 spiro atoms. The number of rotatable bonds is 3. The van der Waals surface area contributed by atoms with Crippen LogP contribution in [0.15, 0.2) is 84.1 Å². The summed E-state index contributed by atoms with van der Waals surface area (Å²) in [7, 11) is 0. The van der Waals surface area contributed by atoms with Crippen molar-refractivity contribution in [3.63, 3.8) is 0 Å². The van der Waals surface area contributed by atoms with E-state index < -0.39 is 11.2 Å². The number of nitro groups is 1. The molecule has 0 saturated heterocycles. The molecule has 2 aliphatic heterocycles. The van der Waals surface area contributed by atoms with Crippen molar-refractivity contribution in [1.29, 1.82) is 0 Å². The van der Waals surface area contributed by atoms with Crippen molar-refractivity contribution in [2.75, 3.05) is 4.90 Å². The smallest absolute Gasteiger partial charge is 0.269 e. The molecule has 2 heterocycles. The molecular formula is C26H18N2O5. The average molecular weight is 438 g/mol. The lowest BCUT2D eigenvalue weighted by atomic mass is 9.74. The van der Waals surface area contributed by atoms with E-state index in [0.717, 1.165) is 16.8 Å². The van der Waals surface area contributed by atoms with Crippen molar-refractivity contribution in [3.8, 4) is 0 Å². The molecule has 2 atom stereocenters. The number of nitro benzene ring substituents is 1. The van der Waals surface area contributed by atoms with Crippen LogP contribution >= 0.6 is 0 Å². The molecular weight excluding hydrogens is 420 g/mol. The summed E-state index contributed by atoms with van der Waals surface area (Å²) in [4.78, 5) is 39.5. The van der Waals surface area contributed by atoms with E-state index in [1.54, 1.807) is 36.4 Å². The number of hydrogen-bond donors (Lipinski definition) is 0. The summed E-state index contributed by atoms with van der Waals surface area (Å²) in [6, 6.07) is 21.1. The zero-order valence-corrected chi connectivity index (χ0v) is 17.4. The zero-order chi connectivity index (χ0) is 22.7. The van der Waals surface area contributed by atoms with Crippen LogP contribution in [0.3, 0.4) is 0 Å². The minimum absolute atomic E-state index is 0.0230. The Bertz CT molecular complexity index is 1390. The Morgan fingerprint density at radius 1 is 0.939 bits per heavy atom. The van der Waals surface area contributed by atoms with Crippen LogP contribution in [0.4, 0.5) is 11.4 Å². The maximum absolute atomic E-state index is 13.4. The van der Waals surface area contributed by atoms with Crippen LogP contribution in [0.1, 0.15) is 44.2 Å². The molecule has 2 unspecified atom stereocenters. The highest BCUT2D eigenvalue weighted by molar-refractivity contribution is 6.26. The van der Waals surface area contributed by atoms with E-state index in [1.807, 2.05) is 35.2 Å². The molecule has 0 N–H and O–H groups in total. The fourth-order valence-electron chi connectivity index (χ4n) is 5.13. The number of para-hydroxylation sites is 1. The van der Waals surface area contributed by atoms with Crippen molar-refractivity contribution in [3.05, 3.63) is 116 Å². The molecule has 3 aromatic rings. The molecule has 162 valence electrons. The van der Waals surface area contributed by atoms with Crippen molar-refractivity contribution in [2.45, 2.75) is 25.1 Å². The summed E-state index contributed by atoms with van der Waals surface area (Å²) < 4.78 is 6.22. The molecule has 6 rings (SSSR count). The largest absolute Gasteiger partial charge is 0.466 e. The van der Waals surface area contributed by atoms with Crippen LogP contribution in [-0.2, 0) is 11.3 Å². The summed E-state index contributed by atoms with van der Waals surface area (Å²) in [6.07, 6.45) is 0.0521. The van der Waals surface area contributed by atoms with Crippen LogP contribution in [0.25, 0.3) is 0 Å². The van der Waals surface area contributed by atoms with E-state index in [4.69, 9.17) is 4.74 Å². The first kappa shape index (κ1) is 19.4. The van der Waals surface area contributed by atoms with E-state index in [9.17, 15) is 19.7 Å². The number of nitrogens with zero attached hydrogens (tertiary/aromatic N) is 2. The number of carbonyl (C=O) groups is 2. The van der Waals surface area contributed by atoms with Gasteiger partial charge in [0, 0.05) is 47.8 Å². The van der Waals surface area contributed by atoms with Gasteiger partial charge in [0.2, 0.25) is 5.78 Å². The lowest BCUT2D eigenvalue weighted by Gasteiger charge is -2.46. The normalized spacial score (nSPS) is 20.5. The molecule has 0 amide bonds. The second kappa shape index (κ2) is 7.13. The van der Waals surface area contributed by atoms with Gasteiger partial charge in [-0.15, -0.1) is 0 Å². The zero-order valence-electron chi connectivity index (χ0n) is 17.4. The van der Waals surface area contributed by atoms with Gasteiger partial charge in [0.1, 0.15) is 0 Å². The summed E-state index contributed by atoms with van der Waals surface area (Å²) in [5, 5.41) is 11.2. The molecule has 0 radical (unpaired) electrons. The maximum Gasteiger partial charge on any atom is 0.269 e. The molecule has 1 aliphatic carbocycles. The summed E-state index contributed by atoms with van der Waals surface area (Å²) in [6.45, 7) is 0.372. The van der Waals surface area contributed by atoms with Gasteiger partial charge in [-0.1, -0.05) is 54.6 Å². The molecule has 3 aliphatic rings. The first-order chi connectivity index (χ1) is 16.0. The third kappa shape index (κ3) is 2.89. The number of ketones is 2. The first-order valence-corrected chi connectivity index (χ1v) is 10.7. The van der Waals surface area contributed by atoms with E-state index in [-0.39, 0.29) is 28.9 Å². The standard InChI is InChI=1S/C26H18N2O5/c29-24-18-9-1-2-10-19(18)25(30)26-23(24)20-13-22(33-26)27(21-11-4-3-8-17(20)21)14-15-6-5-7-16(12-15)28(31)32/h1-12,20,22H,13-14H2. The van der Waals surface area contributed by atoms with Crippen LogP contribution in [0, 0.1) is 10.1 Å². The highest BCUT2D eigenvalue weighted by Crippen LogP contribution is 2.50. The third-order valence-electron chi connectivity index (χ3n) is 6.60. The number of benzene rings is 3. The van der Waals surface area contributed by atoms with Crippen LogP contribution < -0.4 is 4.90 Å².